The van der Waals surface area contributed by atoms with Crippen molar-refractivity contribution < 1.29 is 4.42 Å². The van der Waals surface area contributed by atoms with Crippen LogP contribution in [-0.2, 0) is 0 Å². The van der Waals surface area contributed by atoms with Crippen molar-refractivity contribution in [1.82, 2.24) is 19.9 Å². The monoisotopic (exact) mass is 702 g/mol. The van der Waals surface area contributed by atoms with Crippen LogP contribution in [0.1, 0.15) is 0 Å². The lowest BCUT2D eigenvalue weighted by Crippen LogP contribution is -2.00. The molecular formula is C50H30N4O. The van der Waals surface area contributed by atoms with Crippen LogP contribution in [0, 0.1) is 0 Å². The van der Waals surface area contributed by atoms with Crippen molar-refractivity contribution in [1.29, 1.82) is 0 Å². The summed E-state index contributed by atoms with van der Waals surface area (Å²) in [7, 11) is 0. The molecule has 0 saturated carbocycles. The van der Waals surface area contributed by atoms with E-state index in [1.165, 1.54) is 27.1 Å². The Morgan fingerprint density at radius 1 is 0.327 bits per heavy atom. The van der Waals surface area contributed by atoms with Crippen molar-refractivity contribution in [2.24, 2.45) is 0 Å². The quantitative estimate of drug-likeness (QED) is 0.167. The number of benzene rings is 8. The van der Waals surface area contributed by atoms with E-state index in [-0.39, 0.29) is 0 Å². The minimum atomic E-state index is 0.606. The summed E-state index contributed by atoms with van der Waals surface area (Å²) in [4.78, 5) is 20.3. The smallest absolute Gasteiger partial charge is 0.164 e. The summed E-state index contributed by atoms with van der Waals surface area (Å²) in [6, 6.07) is 62.9. The van der Waals surface area contributed by atoms with Gasteiger partial charge in [-0.15, -0.1) is 0 Å². The zero-order chi connectivity index (χ0) is 36.3. The first-order valence-electron chi connectivity index (χ1n) is 18.4. The van der Waals surface area contributed by atoms with Crippen LogP contribution < -0.4 is 0 Å². The molecule has 0 fully saturated rings. The molecule has 0 aliphatic carbocycles. The van der Waals surface area contributed by atoms with Gasteiger partial charge in [0.05, 0.1) is 5.69 Å². The molecule has 11 aromatic rings. The number of nitrogens with zero attached hydrogens (tertiary/aromatic N) is 4. The Balaban J connectivity index is 1.01. The molecule has 0 radical (unpaired) electrons. The largest absolute Gasteiger partial charge is 0.454 e. The Labute approximate surface area is 316 Å². The van der Waals surface area contributed by atoms with E-state index in [1.54, 1.807) is 0 Å². The molecule has 55 heavy (non-hydrogen) atoms. The van der Waals surface area contributed by atoms with E-state index in [4.69, 9.17) is 24.4 Å². The topological polar surface area (TPSA) is 64.7 Å². The molecule has 3 heterocycles. The fraction of sp³-hybridized carbons (Fsp3) is 0. The minimum absolute atomic E-state index is 0.606. The fourth-order valence-electron chi connectivity index (χ4n) is 7.82. The Hall–Kier alpha value is -7.50. The zero-order valence-corrected chi connectivity index (χ0v) is 29.5. The van der Waals surface area contributed by atoms with Crippen LogP contribution in [0.3, 0.4) is 0 Å². The van der Waals surface area contributed by atoms with Crippen molar-refractivity contribution in [3.05, 3.63) is 182 Å². The first-order chi connectivity index (χ1) is 27.2. The predicted octanol–water partition coefficient (Wildman–Crippen LogP) is 13.0. The molecule has 8 aromatic carbocycles. The molecule has 256 valence electrons. The number of aromatic nitrogens is 4. The summed E-state index contributed by atoms with van der Waals surface area (Å²) in [6.45, 7) is 0. The highest BCUT2D eigenvalue weighted by molar-refractivity contribution is 6.16. The number of hydrogen-bond acceptors (Lipinski definition) is 5. The summed E-state index contributed by atoms with van der Waals surface area (Å²) in [6.07, 6.45) is 0. The van der Waals surface area contributed by atoms with Crippen LogP contribution >= 0.6 is 0 Å². The van der Waals surface area contributed by atoms with Gasteiger partial charge in [0.2, 0.25) is 0 Å². The average molecular weight is 703 g/mol. The predicted molar refractivity (Wildman–Crippen MR) is 225 cm³/mol. The maximum atomic E-state index is 6.31. The van der Waals surface area contributed by atoms with Crippen molar-refractivity contribution in [3.63, 3.8) is 0 Å². The maximum Gasteiger partial charge on any atom is 0.164 e. The molecule has 0 aliphatic rings. The second-order valence-corrected chi connectivity index (χ2v) is 13.8. The van der Waals surface area contributed by atoms with Crippen LogP contribution in [0.2, 0.25) is 0 Å². The van der Waals surface area contributed by atoms with Gasteiger partial charge in [-0.3, -0.25) is 0 Å². The summed E-state index contributed by atoms with van der Waals surface area (Å²) in [5.41, 5.74) is 9.49. The number of hydrogen-bond donors (Lipinski definition) is 0. The zero-order valence-electron chi connectivity index (χ0n) is 29.5. The summed E-state index contributed by atoms with van der Waals surface area (Å²) in [5.74, 6) is 1.85. The minimum Gasteiger partial charge on any atom is -0.454 e. The van der Waals surface area contributed by atoms with E-state index < -0.39 is 0 Å². The summed E-state index contributed by atoms with van der Waals surface area (Å²) >= 11 is 0. The Morgan fingerprint density at radius 2 is 0.818 bits per heavy atom. The fourth-order valence-corrected chi connectivity index (χ4v) is 7.82. The lowest BCUT2D eigenvalue weighted by molar-refractivity contribution is 0.672. The molecule has 0 spiro atoms. The van der Waals surface area contributed by atoms with Gasteiger partial charge >= 0.3 is 0 Å². The average Bonchev–Trinajstić information content (AvgIpc) is 3.65. The summed E-state index contributed by atoms with van der Waals surface area (Å²) in [5, 5.41) is 8.04. The molecule has 5 nitrogen and oxygen atoms in total. The normalized spacial score (nSPS) is 11.6. The second kappa shape index (κ2) is 12.6. The third-order valence-electron chi connectivity index (χ3n) is 10.5. The number of fused-ring (bicyclic) bond motifs is 8. The van der Waals surface area contributed by atoms with Crippen molar-refractivity contribution in [3.8, 4) is 56.5 Å². The highest BCUT2D eigenvalue weighted by atomic mass is 16.3. The van der Waals surface area contributed by atoms with E-state index in [2.05, 4.69) is 121 Å². The van der Waals surface area contributed by atoms with Crippen LogP contribution in [0.25, 0.3) is 111 Å². The first-order valence-corrected chi connectivity index (χ1v) is 18.4. The molecular weight excluding hydrogens is 673 g/mol. The van der Waals surface area contributed by atoms with Crippen LogP contribution in [-0.4, -0.2) is 19.9 Å². The van der Waals surface area contributed by atoms with Gasteiger partial charge < -0.3 is 4.42 Å². The third kappa shape index (κ3) is 5.24. The summed E-state index contributed by atoms with van der Waals surface area (Å²) < 4.78 is 6.31. The molecule has 5 heteroatoms. The molecule has 0 aliphatic heterocycles. The Kier molecular flexibility index (Phi) is 7.10. The van der Waals surface area contributed by atoms with Crippen molar-refractivity contribution >= 4 is 54.4 Å². The molecule has 0 amide bonds. The van der Waals surface area contributed by atoms with Gasteiger partial charge in [0.15, 0.2) is 23.1 Å². The van der Waals surface area contributed by atoms with Gasteiger partial charge in [-0.05, 0) is 50.9 Å². The number of furan rings is 1. The highest BCUT2D eigenvalue weighted by Crippen LogP contribution is 2.39. The molecule has 3 aromatic heterocycles. The van der Waals surface area contributed by atoms with Gasteiger partial charge in [-0.2, -0.15) is 0 Å². The van der Waals surface area contributed by atoms with Crippen LogP contribution in [0.15, 0.2) is 186 Å². The molecule has 0 N–H and O–H groups in total. The number of rotatable bonds is 5. The van der Waals surface area contributed by atoms with E-state index in [9.17, 15) is 0 Å². The Morgan fingerprint density at radius 3 is 1.51 bits per heavy atom. The number of para-hydroxylation sites is 1. The van der Waals surface area contributed by atoms with E-state index >= 15 is 0 Å². The van der Waals surface area contributed by atoms with Gasteiger partial charge in [0.25, 0.3) is 0 Å². The van der Waals surface area contributed by atoms with Crippen molar-refractivity contribution in [2.75, 3.05) is 0 Å². The van der Waals surface area contributed by atoms with Gasteiger partial charge in [-0.25, -0.2) is 19.9 Å². The highest BCUT2D eigenvalue weighted by Gasteiger charge is 2.18. The van der Waals surface area contributed by atoms with Gasteiger partial charge in [0, 0.05) is 38.4 Å². The molecule has 0 bridgehead atoms. The van der Waals surface area contributed by atoms with E-state index in [0.717, 1.165) is 66.4 Å². The van der Waals surface area contributed by atoms with E-state index in [1.807, 2.05) is 60.7 Å². The molecule has 0 saturated heterocycles. The molecule has 0 atom stereocenters. The standard InChI is InChI=1S/C50H30N4O/c1-2-12-33(13-3-1)48-52-49(34-26-22-31(23-27-34)43-30-36-14-4-5-15-37(36)38-16-6-7-17-39(38)43)54-50(53-48)35-28-24-32(25-29-35)45-40-18-8-9-19-41(40)47-46(51-45)42-20-10-11-21-44(42)55-47/h1-30H. The van der Waals surface area contributed by atoms with E-state index in [0.29, 0.717) is 17.5 Å². The van der Waals surface area contributed by atoms with Gasteiger partial charge in [-0.1, -0.05) is 164 Å². The first kappa shape index (κ1) is 31.1. The maximum absolute atomic E-state index is 6.31. The Bertz CT molecular complexity index is 3240. The van der Waals surface area contributed by atoms with Gasteiger partial charge in [0.1, 0.15) is 11.1 Å². The SMILES string of the molecule is c1ccc(-c2nc(-c3ccc(-c4cc5ccccc5c5ccccc45)cc3)nc(-c3ccc(-c4nc5c6ccccc6oc5c5ccccc45)cc3)n2)cc1. The second-order valence-electron chi connectivity index (χ2n) is 13.8. The lowest BCUT2D eigenvalue weighted by atomic mass is 9.93. The third-order valence-corrected chi connectivity index (χ3v) is 10.5. The lowest BCUT2D eigenvalue weighted by Gasteiger charge is -2.12. The molecule has 11 rings (SSSR count). The number of pyridine rings is 1. The van der Waals surface area contributed by atoms with Crippen LogP contribution in [0.5, 0.6) is 0 Å². The molecule has 0 unspecified atom stereocenters. The van der Waals surface area contributed by atoms with Crippen molar-refractivity contribution in [2.45, 2.75) is 0 Å². The van der Waals surface area contributed by atoms with Crippen LogP contribution in [0.4, 0.5) is 0 Å².